The number of fused-ring (bicyclic) bond motifs is 1. The predicted octanol–water partition coefficient (Wildman–Crippen LogP) is 0.389. The molecule has 1 saturated heterocycles. The van der Waals surface area contributed by atoms with E-state index in [0.717, 1.165) is 4.90 Å². The number of nitrogens with zero attached hydrogens (tertiary/aromatic N) is 1. The monoisotopic (exact) mass is 419 g/mol. The summed E-state index contributed by atoms with van der Waals surface area (Å²) in [5.74, 6) is -2.47. The van der Waals surface area contributed by atoms with Crippen molar-refractivity contribution in [2.24, 2.45) is 11.8 Å². The van der Waals surface area contributed by atoms with Crippen LogP contribution in [0.1, 0.15) is 33.1 Å². The molecule has 0 radical (unpaired) electrons. The molecule has 0 bridgehead atoms. The maximum Gasteiger partial charge on any atom is 0.338 e. The van der Waals surface area contributed by atoms with Crippen molar-refractivity contribution in [1.29, 1.82) is 0 Å². The molecule has 2 N–H and O–H groups in total. The summed E-state index contributed by atoms with van der Waals surface area (Å²) in [6.45, 7) is 3.04. The molecule has 0 aromatic carbocycles. The summed E-state index contributed by atoms with van der Waals surface area (Å²) in [7, 11) is 0. The fourth-order valence-electron chi connectivity index (χ4n) is 3.91. The number of rotatable bonds is 7. The standard InChI is InChI=1S/C20H25N3O7/c1-3-29-19(27)16-11(2)21-20(28)22-14(16)10-30-15(24)8-9-23-17(25)12-6-4-5-7-13(12)18(23)26/h4-5,11-13H,3,6-10H2,1-2H3,(H2,21,22,28)/t11-,12-,13-/m1/s1. The minimum Gasteiger partial charge on any atom is -0.463 e. The van der Waals surface area contributed by atoms with Crippen molar-refractivity contribution < 1.29 is 33.4 Å². The zero-order valence-electron chi connectivity index (χ0n) is 16.9. The Morgan fingerprint density at radius 1 is 1.10 bits per heavy atom. The third kappa shape index (κ3) is 4.37. The summed E-state index contributed by atoms with van der Waals surface area (Å²) in [5, 5.41) is 5.01. The summed E-state index contributed by atoms with van der Waals surface area (Å²) in [4.78, 5) is 62.0. The van der Waals surface area contributed by atoms with Gasteiger partial charge in [-0.1, -0.05) is 12.2 Å². The Bertz CT molecular complexity index is 806. The molecular formula is C20H25N3O7. The first-order valence-electron chi connectivity index (χ1n) is 9.97. The molecule has 1 fully saturated rings. The lowest BCUT2D eigenvalue weighted by atomic mass is 9.85. The van der Waals surface area contributed by atoms with Crippen LogP contribution in [0.25, 0.3) is 0 Å². The van der Waals surface area contributed by atoms with Crippen molar-refractivity contribution in [1.82, 2.24) is 15.5 Å². The van der Waals surface area contributed by atoms with Gasteiger partial charge in [-0.2, -0.15) is 0 Å². The third-order valence-electron chi connectivity index (χ3n) is 5.38. The Labute approximate surface area is 173 Å². The van der Waals surface area contributed by atoms with Crippen molar-refractivity contribution in [3.05, 3.63) is 23.4 Å². The smallest absolute Gasteiger partial charge is 0.338 e. The highest BCUT2D eigenvalue weighted by Gasteiger charge is 2.47. The van der Waals surface area contributed by atoms with Crippen LogP contribution in [0.15, 0.2) is 23.4 Å². The van der Waals surface area contributed by atoms with E-state index in [9.17, 15) is 24.0 Å². The van der Waals surface area contributed by atoms with Crippen LogP contribution in [-0.2, 0) is 28.7 Å². The zero-order chi connectivity index (χ0) is 21.8. The van der Waals surface area contributed by atoms with E-state index < -0.39 is 24.0 Å². The minimum atomic E-state index is -0.653. The first-order chi connectivity index (χ1) is 14.3. The Hall–Kier alpha value is -3.17. The largest absolute Gasteiger partial charge is 0.463 e. The maximum atomic E-state index is 12.4. The minimum absolute atomic E-state index is 0.0579. The van der Waals surface area contributed by atoms with Crippen LogP contribution in [0.2, 0.25) is 0 Å². The van der Waals surface area contributed by atoms with E-state index in [2.05, 4.69) is 10.6 Å². The average Bonchev–Trinajstić information content (AvgIpc) is 2.95. The number of carbonyl (C=O) groups excluding carboxylic acids is 5. The molecule has 10 heteroatoms. The zero-order valence-corrected chi connectivity index (χ0v) is 16.9. The van der Waals surface area contributed by atoms with Crippen molar-refractivity contribution in [3.63, 3.8) is 0 Å². The Morgan fingerprint density at radius 2 is 1.73 bits per heavy atom. The second kappa shape index (κ2) is 9.10. The van der Waals surface area contributed by atoms with E-state index >= 15 is 0 Å². The normalized spacial score (nSPS) is 25.6. The highest BCUT2D eigenvalue weighted by atomic mass is 16.5. The number of esters is 2. The molecule has 0 saturated carbocycles. The molecule has 1 aliphatic carbocycles. The quantitative estimate of drug-likeness (QED) is 0.347. The molecule has 10 nitrogen and oxygen atoms in total. The van der Waals surface area contributed by atoms with Gasteiger partial charge in [0.25, 0.3) is 0 Å². The van der Waals surface area contributed by atoms with Gasteiger partial charge in [0.1, 0.15) is 6.61 Å². The van der Waals surface area contributed by atoms with E-state index in [1.54, 1.807) is 13.8 Å². The second-order valence-electron chi connectivity index (χ2n) is 7.33. The van der Waals surface area contributed by atoms with Crippen LogP contribution < -0.4 is 10.6 Å². The van der Waals surface area contributed by atoms with Crippen molar-refractivity contribution in [3.8, 4) is 0 Å². The van der Waals surface area contributed by atoms with E-state index in [-0.39, 0.29) is 61.1 Å². The number of likely N-dealkylation sites (tertiary alicyclic amines) is 1. The van der Waals surface area contributed by atoms with Crippen molar-refractivity contribution >= 4 is 29.8 Å². The van der Waals surface area contributed by atoms with Gasteiger partial charge in [-0.15, -0.1) is 0 Å². The van der Waals surface area contributed by atoms with E-state index in [1.165, 1.54) is 0 Å². The van der Waals surface area contributed by atoms with Crippen LogP contribution >= 0.6 is 0 Å². The van der Waals surface area contributed by atoms with E-state index in [0.29, 0.717) is 12.8 Å². The molecule has 0 aromatic heterocycles. The number of imide groups is 1. The molecule has 3 atom stereocenters. The van der Waals surface area contributed by atoms with E-state index in [1.807, 2.05) is 12.2 Å². The molecule has 30 heavy (non-hydrogen) atoms. The second-order valence-corrected chi connectivity index (χ2v) is 7.33. The van der Waals surface area contributed by atoms with Gasteiger partial charge in [0.2, 0.25) is 11.8 Å². The molecule has 162 valence electrons. The molecular weight excluding hydrogens is 394 g/mol. The number of hydrogen-bond donors (Lipinski definition) is 2. The molecule has 0 aromatic rings. The molecule has 4 amide bonds. The summed E-state index contributed by atoms with van der Waals surface area (Å²) in [6, 6.07) is -1.13. The van der Waals surface area contributed by atoms with Crippen LogP contribution in [0.3, 0.4) is 0 Å². The number of urea groups is 1. The third-order valence-corrected chi connectivity index (χ3v) is 5.38. The number of carbonyl (C=O) groups is 5. The van der Waals surface area contributed by atoms with Crippen molar-refractivity contribution in [2.75, 3.05) is 19.8 Å². The van der Waals surface area contributed by atoms with E-state index in [4.69, 9.17) is 9.47 Å². The van der Waals surface area contributed by atoms with Gasteiger partial charge in [0, 0.05) is 6.54 Å². The summed E-state index contributed by atoms with van der Waals surface area (Å²) in [6.07, 6.45) is 4.69. The van der Waals surface area contributed by atoms with Gasteiger partial charge in [0.05, 0.1) is 42.2 Å². The van der Waals surface area contributed by atoms with Gasteiger partial charge < -0.3 is 20.1 Å². The molecule has 3 rings (SSSR count). The number of amides is 4. The predicted molar refractivity (Wildman–Crippen MR) is 102 cm³/mol. The lowest BCUT2D eigenvalue weighted by Gasteiger charge is -2.26. The van der Waals surface area contributed by atoms with Gasteiger partial charge in [-0.05, 0) is 26.7 Å². The molecule has 3 aliphatic rings. The average molecular weight is 419 g/mol. The Morgan fingerprint density at radius 3 is 2.33 bits per heavy atom. The molecule has 0 spiro atoms. The number of ether oxygens (including phenoxy) is 2. The molecule has 0 unspecified atom stereocenters. The number of nitrogens with one attached hydrogen (secondary N) is 2. The summed E-state index contributed by atoms with van der Waals surface area (Å²) >= 11 is 0. The lowest BCUT2D eigenvalue weighted by molar-refractivity contribution is -0.146. The summed E-state index contributed by atoms with van der Waals surface area (Å²) < 4.78 is 10.2. The fourth-order valence-corrected chi connectivity index (χ4v) is 3.91. The summed E-state index contributed by atoms with van der Waals surface area (Å²) in [5.41, 5.74) is 0.314. The molecule has 2 aliphatic heterocycles. The maximum absolute atomic E-state index is 12.4. The van der Waals surface area contributed by atoms with Gasteiger partial charge in [-0.3, -0.25) is 19.3 Å². The van der Waals surface area contributed by atoms with Crippen LogP contribution in [0.5, 0.6) is 0 Å². The van der Waals surface area contributed by atoms with Crippen molar-refractivity contribution in [2.45, 2.75) is 39.2 Å². The van der Waals surface area contributed by atoms with Crippen LogP contribution in [0.4, 0.5) is 4.79 Å². The highest BCUT2D eigenvalue weighted by molar-refractivity contribution is 6.05. The van der Waals surface area contributed by atoms with Crippen LogP contribution in [0, 0.1) is 11.8 Å². The Balaban J connectivity index is 1.57. The number of hydrogen-bond acceptors (Lipinski definition) is 7. The SMILES string of the molecule is CCOC(=O)C1=C(COC(=O)CCN2C(=O)[C@@H]3CC=CC[C@H]3C2=O)NC(=O)N[C@@H]1C. The van der Waals surface area contributed by atoms with Gasteiger partial charge in [0.15, 0.2) is 0 Å². The van der Waals surface area contributed by atoms with Gasteiger partial charge >= 0.3 is 18.0 Å². The topological polar surface area (TPSA) is 131 Å². The molecule has 2 heterocycles. The number of allylic oxidation sites excluding steroid dienone is 2. The Kier molecular flexibility index (Phi) is 6.53. The fraction of sp³-hybridized carbons (Fsp3) is 0.550. The van der Waals surface area contributed by atoms with Crippen LogP contribution in [-0.4, -0.2) is 60.5 Å². The highest BCUT2D eigenvalue weighted by Crippen LogP contribution is 2.35. The first kappa shape index (κ1) is 21.5. The first-order valence-corrected chi connectivity index (χ1v) is 9.97. The van der Waals surface area contributed by atoms with Gasteiger partial charge in [-0.25, -0.2) is 9.59 Å². The lowest BCUT2D eigenvalue weighted by Crippen LogP contribution is -2.50.